The first-order chi connectivity index (χ1) is 13.0. The number of benzene rings is 2. The van der Waals surface area contributed by atoms with Crippen molar-refractivity contribution in [2.24, 2.45) is 0 Å². The molecular formula is C22H21ClN2O2. The van der Waals surface area contributed by atoms with Gasteiger partial charge in [0.05, 0.1) is 11.4 Å². The predicted molar refractivity (Wildman–Crippen MR) is 108 cm³/mol. The Balaban J connectivity index is 1.75. The Bertz CT molecular complexity index is 977. The molecule has 1 heterocycles. The highest BCUT2D eigenvalue weighted by Gasteiger charge is 2.14. The molecule has 0 bridgehead atoms. The van der Waals surface area contributed by atoms with Gasteiger partial charge in [-0.05, 0) is 45.0 Å². The molecule has 0 unspecified atom stereocenters. The van der Waals surface area contributed by atoms with Gasteiger partial charge in [0.2, 0.25) is 0 Å². The number of para-hydroxylation sites is 1. The van der Waals surface area contributed by atoms with E-state index in [4.69, 9.17) is 16.3 Å². The first kappa shape index (κ1) is 18.9. The van der Waals surface area contributed by atoms with Gasteiger partial charge in [0.25, 0.3) is 0 Å². The van der Waals surface area contributed by atoms with E-state index in [9.17, 15) is 4.79 Å². The van der Waals surface area contributed by atoms with Crippen molar-refractivity contribution in [2.75, 3.05) is 0 Å². The zero-order valence-corrected chi connectivity index (χ0v) is 16.3. The molecule has 0 saturated carbocycles. The summed E-state index contributed by atoms with van der Waals surface area (Å²) in [6.45, 7) is 5.70. The maximum absolute atomic E-state index is 12.2. The quantitative estimate of drug-likeness (QED) is 0.436. The fraction of sp³-hybridized carbons (Fsp3) is 0.182. The highest BCUT2D eigenvalue weighted by molar-refractivity contribution is 6.31. The fourth-order valence-corrected chi connectivity index (χ4v) is 3.24. The van der Waals surface area contributed by atoms with Crippen LogP contribution in [0.5, 0.6) is 0 Å². The lowest BCUT2D eigenvalue weighted by molar-refractivity contribution is -0.142. The lowest BCUT2D eigenvalue weighted by Gasteiger charge is -2.13. The van der Waals surface area contributed by atoms with Gasteiger partial charge >= 0.3 is 5.97 Å². The highest BCUT2D eigenvalue weighted by Crippen LogP contribution is 2.25. The van der Waals surface area contributed by atoms with Crippen molar-refractivity contribution in [3.63, 3.8) is 0 Å². The predicted octanol–water partition coefficient (Wildman–Crippen LogP) is 5.46. The van der Waals surface area contributed by atoms with Gasteiger partial charge in [0, 0.05) is 27.9 Å². The minimum absolute atomic E-state index is 0.423. The first-order valence-corrected chi connectivity index (χ1v) is 9.10. The molecule has 2 aromatic carbocycles. The largest absolute Gasteiger partial charge is 0.455 e. The van der Waals surface area contributed by atoms with Crippen LogP contribution in [0.15, 0.2) is 60.7 Å². The second-order valence-corrected chi connectivity index (χ2v) is 6.67. The molecule has 1 atom stereocenters. The summed E-state index contributed by atoms with van der Waals surface area (Å²) >= 11 is 6.16. The van der Waals surface area contributed by atoms with E-state index in [1.807, 2.05) is 67.1 Å². The van der Waals surface area contributed by atoms with Crippen LogP contribution in [0.1, 0.15) is 35.5 Å². The van der Waals surface area contributed by atoms with Crippen LogP contribution in [0.25, 0.3) is 11.8 Å². The molecule has 4 nitrogen and oxygen atoms in total. The number of rotatable bonds is 5. The summed E-state index contributed by atoms with van der Waals surface area (Å²) in [5.74, 6) is -0.423. The maximum Gasteiger partial charge on any atom is 0.331 e. The third kappa shape index (κ3) is 4.29. The number of carbonyl (C=O) groups is 1. The molecular weight excluding hydrogens is 360 g/mol. The number of ether oxygens (including phenoxy) is 1. The Morgan fingerprint density at radius 3 is 2.48 bits per heavy atom. The summed E-state index contributed by atoms with van der Waals surface area (Å²) in [6.07, 6.45) is 2.75. The van der Waals surface area contributed by atoms with E-state index in [0.717, 1.165) is 28.2 Å². The fourth-order valence-electron chi connectivity index (χ4n) is 2.95. The summed E-state index contributed by atoms with van der Waals surface area (Å²) in [6, 6.07) is 17.2. The number of esters is 1. The third-order valence-corrected chi connectivity index (χ3v) is 4.71. The SMILES string of the molecule is Cc1nn(-c2ccccc2)c(C)c1/C=C/C(=O)O[C@H](C)c1ccccc1Cl. The van der Waals surface area contributed by atoms with Crippen LogP contribution < -0.4 is 0 Å². The number of hydrogen-bond acceptors (Lipinski definition) is 3. The van der Waals surface area contributed by atoms with Gasteiger partial charge in [-0.2, -0.15) is 5.10 Å². The standard InChI is InChI=1S/C22H21ClN2O2/c1-15-19(16(2)25(24-15)18-9-5-4-6-10-18)13-14-22(26)27-17(3)20-11-7-8-12-21(20)23/h4-14,17H,1-3H3/b14-13+/t17-/m1/s1. The number of aromatic nitrogens is 2. The molecule has 0 aliphatic carbocycles. The molecule has 138 valence electrons. The van der Waals surface area contributed by atoms with Gasteiger partial charge in [-0.3, -0.25) is 0 Å². The van der Waals surface area contributed by atoms with Crippen LogP contribution in [0, 0.1) is 13.8 Å². The number of hydrogen-bond donors (Lipinski definition) is 0. The molecule has 3 aromatic rings. The van der Waals surface area contributed by atoms with Crippen LogP contribution in [0.3, 0.4) is 0 Å². The molecule has 0 fully saturated rings. The summed E-state index contributed by atoms with van der Waals surface area (Å²) in [5, 5.41) is 5.16. The van der Waals surface area contributed by atoms with Crippen molar-refractivity contribution in [1.82, 2.24) is 9.78 Å². The smallest absolute Gasteiger partial charge is 0.331 e. The number of carbonyl (C=O) groups excluding carboxylic acids is 1. The monoisotopic (exact) mass is 380 g/mol. The lowest BCUT2D eigenvalue weighted by atomic mass is 10.1. The molecule has 0 N–H and O–H groups in total. The van der Waals surface area contributed by atoms with E-state index < -0.39 is 12.1 Å². The van der Waals surface area contributed by atoms with Crippen LogP contribution in [0.4, 0.5) is 0 Å². The molecule has 3 rings (SSSR count). The molecule has 0 amide bonds. The molecule has 0 radical (unpaired) electrons. The van der Waals surface area contributed by atoms with Gasteiger partial charge in [0.1, 0.15) is 6.10 Å². The van der Waals surface area contributed by atoms with Gasteiger partial charge in [-0.1, -0.05) is 48.0 Å². The molecule has 0 saturated heterocycles. The average molecular weight is 381 g/mol. The van der Waals surface area contributed by atoms with Gasteiger partial charge in [-0.25, -0.2) is 9.48 Å². The van der Waals surface area contributed by atoms with Crippen molar-refractivity contribution in [3.8, 4) is 5.69 Å². The Labute approximate surface area is 164 Å². The van der Waals surface area contributed by atoms with Gasteiger partial charge in [-0.15, -0.1) is 0 Å². The lowest BCUT2D eigenvalue weighted by Crippen LogP contribution is -2.06. The van der Waals surface area contributed by atoms with E-state index >= 15 is 0 Å². The van der Waals surface area contributed by atoms with Gasteiger partial charge in [0.15, 0.2) is 0 Å². The Morgan fingerprint density at radius 2 is 1.78 bits per heavy atom. The second kappa shape index (κ2) is 8.23. The zero-order chi connectivity index (χ0) is 19.4. The van der Waals surface area contributed by atoms with E-state index in [0.29, 0.717) is 5.02 Å². The minimum Gasteiger partial charge on any atom is -0.455 e. The van der Waals surface area contributed by atoms with Crippen molar-refractivity contribution in [2.45, 2.75) is 26.9 Å². The first-order valence-electron chi connectivity index (χ1n) is 8.72. The van der Waals surface area contributed by atoms with Crippen LogP contribution in [-0.4, -0.2) is 15.7 Å². The molecule has 27 heavy (non-hydrogen) atoms. The Hall–Kier alpha value is -2.85. The molecule has 1 aromatic heterocycles. The molecule has 0 aliphatic rings. The molecule has 5 heteroatoms. The van der Waals surface area contributed by atoms with Crippen LogP contribution in [-0.2, 0) is 9.53 Å². The average Bonchev–Trinajstić information content (AvgIpc) is 2.95. The summed E-state index contributed by atoms with van der Waals surface area (Å²) in [7, 11) is 0. The van der Waals surface area contributed by atoms with Crippen molar-refractivity contribution < 1.29 is 9.53 Å². The van der Waals surface area contributed by atoms with Crippen molar-refractivity contribution >= 4 is 23.6 Å². The molecule has 0 aliphatic heterocycles. The minimum atomic E-state index is -0.426. The van der Waals surface area contributed by atoms with E-state index in [1.54, 1.807) is 19.1 Å². The molecule has 0 spiro atoms. The zero-order valence-electron chi connectivity index (χ0n) is 15.5. The summed E-state index contributed by atoms with van der Waals surface area (Å²) < 4.78 is 7.34. The third-order valence-electron chi connectivity index (χ3n) is 4.37. The summed E-state index contributed by atoms with van der Waals surface area (Å²) in [5.41, 5.74) is 4.47. The maximum atomic E-state index is 12.2. The normalized spacial score (nSPS) is 12.3. The highest BCUT2D eigenvalue weighted by atomic mass is 35.5. The topological polar surface area (TPSA) is 44.1 Å². The summed E-state index contributed by atoms with van der Waals surface area (Å²) in [4.78, 5) is 12.2. The van der Waals surface area contributed by atoms with Crippen LogP contribution in [0.2, 0.25) is 5.02 Å². The number of aryl methyl sites for hydroxylation is 1. The van der Waals surface area contributed by atoms with Gasteiger partial charge < -0.3 is 4.74 Å². The van der Waals surface area contributed by atoms with Crippen LogP contribution >= 0.6 is 11.6 Å². The van der Waals surface area contributed by atoms with Crippen molar-refractivity contribution in [1.29, 1.82) is 0 Å². The Morgan fingerprint density at radius 1 is 1.11 bits per heavy atom. The number of nitrogens with zero attached hydrogens (tertiary/aromatic N) is 2. The van der Waals surface area contributed by atoms with Crippen molar-refractivity contribution in [3.05, 3.63) is 88.2 Å². The van der Waals surface area contributed by atoms with E-state index in [1.165, 1.54) is 6.08 Å². The van der Waals surface area contributed by atoms with E-state index in [2.05, 4.69) is 5.10 Å². The number of halogens is 1. The second-order valence-electron chi connectivity index (χ2n) is 6.27. The Kier molecular flexibility index (Phi) is 5.77. The van der Waals surface area contributed by atoms with E-state index in [-0.39, 0.29) is 0 Å².